The summed E-state index contributed by atoms with van der Waals surface area (Å²) in [6, 6.07) is 3.82. The average Bonchev–Trinajstić information content (AvgIpc) is 3.28. The first-order valence-electron chi connectivity index (χ1n) is 8.41. The molecule has 0 saturated carbocycles. The third kappa shape index (κ3) is 3.23. The molecule has 3 aromatic heterocycles. The van der Waals surface area contributed by atoms with Crippen molar-refractivity contribution in [3.63, 3.8) is 0 Å². The van der Waals surface area contributed by atoms with Gasteiger partial charge in [0.05, 0.1) is 12.3 Å². The van der Waals surface area contributed by atoms with E-state index in [4.69, 9.17) is 9.97 Å². The second kappa shape index (κ2) is 6.60. The Balaban J connectivity index is 1.59. The maximum Gasteiger partial charge on any atom is 0.161 e. The van der Waals surface area contributed by atoms with Crippen LogP contribution in [-0.2, 0) is 19.9 Å². The van der Waals surface area contributed by atoms with Gasteiger partial charge in [0.15, 0.2) is 5.82 Å². The van der Waals surface area contributed by atoms with E-state index in [0.717, 1.165) is 47.5 Å². The highest BCUT2D eigenvalue weighted by Crippen LogP contribution is 2.29. The van der Waals surface area contributed by atoms with Crippen molar-refractivity contribution in [1.29, 1.82) is 0 Å². The molecule has 7 heteroatoms. The van der Waals surface area contributed by atoms with Crippen LogP contribution in [0.2, 0.25) is 0 Å². The molecule has 1 unspecified atom stereocenters. The van der Waals surface area contributed by atoms with Crippen LogP contribution in [0.5, 0.6) is 0 Å². The SMILES string of the molecule is Cn1cc(C(O)CNc2nc(-c3ccncc3)nc3c2CCC3)cn1. The first-order chi connectivity index (χ1) is 12.2. The molecule has 128 valence electrons. The lowest BCUT2D eigenvalue weighted by atomic mass is 10.2. The van der Waals surface area contributed by atoms with Crippen LogP contribution in [0.4, 0.5) is 5.82 Å². The lowest BCUT2D eigenvalue weighted by Gasteiger charge is -2.14. The molecule has 0 bridgehead atoms. The van der Waals surface area contributed by atoms with Gasteiger partial charge in [-0.15, -0.1) is 0 Å². The second-order valence-electron chi connectivity index (χ2n) is 6.25. The van der Waals surface area contributed by atoms with E-state index < -0.39 is 6.10 Å². The summed E-state index contributed by atoms with van der Waals surface area (Å²) in [7, 11) is 1.84. The van der Waals surface area contributed by atoms with Gasteiger partial charge in [-0.25, -0.2) is 9.97 Å². The lowest BCUT2D eigenvalue weighted by Crippen LogP contribution is -2.15. The predicted octanol–water partition coefficient (Wildman–Crippen LogP) is 1.91. The lowest BCUT2D eigenvalue weighted by molar-refractivity contribution is 0.191. The molecule has 0 fully saturated rings. The van der Waals surface area contributed by atoms with Gasteiger partial charge in [0, 0.05) is 54.6 Å². The maximum atomic E-state index is 10.4. The fourth-order valence-corrected chi connectivity index (χ4v) is 3.13. The summed E-state index contributed by atoms with van der Waals surface area (Å²) in [6.45, 7) is 0.380. The number of nitrogens with one attached hydrogen (secondary N) is 1. The van der Waals surface area contributed by atoms with E-state index in [0.29, 0.717) is 12.4 Å². The third-order valence-corrected chi connectivity index (χ3v) is 4.44. The molecule has 0 amide bonds. The van der Waals surface area contributed by atoms with Crippen LogP contribution in [-0.4, -0.2) is 36.4 Å². The summed E-state index contributed by atoms with van der Waals surface area (Å²) in [5.41, 5.74) is 3.99. The van der Waals surface area contributed by atoms with Crippen LogP contribution in [0.3, 0.4) is 0 Å². The summed E-state index contributed by atoms with van der Waals surface area (Å²) < 4.78 is 1.68. The maximum absolute atomic E-state index is 10.4. The number of rotatable bonds is 5. The van der Waals surface area contributed by atoms with Crippen LogP contribution >= 0.6 is 0 Å². The summed E-state index contributed by atoms with van der Waals surface area (Å²) in [5.74, 6) is 1.51. The molecular weight excluding hydrogens is 316 g/mol. The van der Waals surface area contributed by atoms with Crippen molar-refractivity contribution in [3.05, 3.63) is 53.7 Å². The quantitative estimate of drug-likeness (QED) is 0.740. The van der Waals surface area contributed by atoms with Gasteiger partial charge in [-0.05, 0) is 31.4 Å². The smallest absolute Gasteiger partial charge is 0.161 e. The van der Waals surface area contributed by atoms with Gasteiger partial charge in [-0.1, -0.05) is 0 Å². The highest BCUT2D eigenvalue weighted by atomic mass is 16.3. The number of anilines is 1. The van der Waals surface area contributed by atoms with Gasteiger partial charge in [-0.2, -0.15) is 5.10 Å². The zero-order chi connectivity index (χ0) is 17.2. The molecule has 7 nitrogen and oxygen atoms in total. The summed E-state index contributed by atoms with van der Waals surface area (Å²) >= 11 is 0. The van der Waals surface area contributed by atoms with Gasteiger partial charge in [-0.3, -0.25) is 9.67 Å². The Labute approximate surface area is 145 Å². The Hall–Kier alpha value is -2.80. The van der Waals surface area contributed by atoms with Crippen molar-refractivity contribution >= 4 is 5.82 Å². The molecule has 1 aliphatic carbocycles. The van der Waals surface area contributed by atoms with Crippen LogP contribution in [0.25, 0.3) is 11.4 Å². The minimum Gasteiger partial charge on any atom is -0.386 e. The van der Waals surface area contributed by atoms with E-state index in [2.05, 4.69) is 15.4 Å². The Kier molecular flexibility index (Phi) is 4.15. The average molecular weight is 336 g/mol. The minimum atomic E-state index is -0.634. The molecule has 0 saturated heterocycles. The molecule has 3 heterocycles. The van der Waals surface area contributed by atoms with Gasteiger partial charge in [0.25, 0.3) is 0 Å². The standard InChI is InChI=1S/C18H20N6O/c1-24-11-13(9-21-24)16(25)10-20-18-14-3-2-4-15(14)22-17(23-18)12-5-7-19-8-6-12/h5-9,11,16,25H,2-4,10H2,1H3,(H,20,22,23). The van der Waals surface area contributed by atoms with Crippen molar-refractivity contribution in [3.8, 4) is 11.4 Å². The monoisotopic (exact) mass is 336 g/mol. The fraction of sp³-hybridized carbons (Fsp3) is 0.333. The molecule has 0 aromatic carbocycles. The van der Waals surface area contributed by atoms with Gasteiger partial charge in [0.1, 0.15) is 5.82 Å². The Morgan fingerprint density at radius 2 is 2.08 bits per heavy atom. The summed E-state index contributed by atoms with van der Waals surface area (Å²) in [5, 5.41) is 17.8. The van der Waals surface area contributed by atoms with Crippen molar-refractivity contribution in [2.45, 2.75) is 25.4 Å². The fourth-order valence-electron chi connectivity index (χ4n) is 3.13. The van der Waals surface area contributed by atoms with E-state index in [-0.39, 0.29) is 0 Å². The minimum absolute atomic E-state index is 0.380. The Morgan fingerprint density at radius 3 is 2.84 bits per heavy atom. The summed E-state index contributed by atoms with van der Waals surface area (Å²) in [6.07, 6.45) is 9.37. The molecular formula is C18H20N6O. The van der Waals surface area contributed by atoms with E-state index in [1.807, 2.05) is 25.4 Å². The zero-order valence-corrected chi connectivity index (χ0v) is 14.1. The number of aliphatic hydroxyl groups is 1. The van der Waals surface area contributed by atoms with Crippen LogP contribution < -0.4 is 5.32 Å². The van der Waals surface area contributed by atoms with Gasteiger partial charge >= 0.3 is 0 Å². The number of fused-ring (bicyclic) bond motifs is 1. The molecule has 2 N–H and O–H groups in total. The number of nitrogens with zero attached hydrogens (tertiary/aromatic N) is 5. The Bertz CT molecular complexity index is 877. The van der Waals surface area contributed by atoms with Crippen molar-refractivity contribution in [2.24, 2.45) is 7.05 Å². The number of hydrogen-bond acceptors (Lipinski definition) is 6. The van der Waals surface area contributed by atoms with E-state index in [1.54, 1.807) is 23.3 Å². The number of aliphatic hydroxyl groups excluding tert-OH is 1. The largest absolute Gasteiger partial charge is 0.386 e. The molecule has 25 heavy (non-hydrogen) atoms. The highest BCUT2D eigenvalue weighted by molar-refractivity contribution is 5.60. The molecule has 0 spiro atoms. The van der Waals surface area contributed by atoms with Crippen molar-refractivity contribution in [2.75, 3.05) is 11.9 Å². The third-order valence-electron chi connectivity index (χ3n) is 4.44. The van der Waals surface area contributed by atoms with E-state index >= 15 is 0 Å². The predicted molar refractivity (Wildman–Crippen MR) is 93.9 cm³/mol. The van der Waals surface area contributed by atoms with Crippen LogP contribution in [0, 0.1) is 0 Å². The molecule has 3 aromatic rings. The second-order valence-corrected chi connectivity index (χ2v) is 6.25. The molecule has 0 aliphatic heterocycles. The van der Waals surface area contributed by atoms with Crippen molar-refractivity contribution < 1.29 is 5.11 Å². The van der Waals surface area contributed by atoms with Gasteiger partial charge < -0.3 is 10.4 Å². The van der Waals surface area contributed by atoms with E-state index in [9.17, 15) is 5.11 Å². The number of aryl methyl sites for hydroxylation is 2. The topological polar surface area (TPSA) is 88.8 Å². The Morgan fingerprint density at radius 1 is 1.24 bits per heavy atom. The molecule has 1 atom stereocenters. The van der Waals surface area contributed by atoms with Crippen molar-refractivity contribution in [1.82, 2.24) is 24.7 Å². The number of hydrogen-bond donors (Lipinski definition) is 2. The van der Waals surface area contributed by atoms with E-state index in [1.165, 1.54) is 0 Å². The number of aromatic nitrogens is 5. The molecule has 1 aliphatic rings. The first kappa shape index (κ1) is 15.7. The van der Waals surface area contributed by atoms with Crippen LogP contribution in [0.1, 0.15) is 29.3 Å². The summed E-state index contributed by atoms with van der Waals surface area (Å²) in [4.78, 5) is 13.5. The van der Waals surface area contributed by atoms with Crippen LogP contribution in [0.15, 0.2) is 36.9 Å². The first-order valence-corrected chi connectivity index (χ1v) is 8.41. The zero-order valence-electron chi connectivity index (χ0n) is 14.1. The molecule has 0 radical (unpaired) electrons. The number of pyridine rings is 1. The molecule has 4 rings (SSSR count). The highest BCUT2D eigenvalue weighted by Gasteiger charge is 2.20. The van der Waals surface area contributed by atoms with Gasteiger partial charge in [0.2, 0.25) is 0 Å². The normalized spacial score (nSPS) is 14.3.